The number of hydrogen-bond acceptors (Lipinski definition) is 5. The Morgan fingerprint density at radius 3 is 2.46 bits per heavy atom. The molecule has 1 aliphatic rings. The molecular weight excluding hydrogens is 529 g/mol. The van der Waals surface area contributed by atoms with Gasteiger partial charge in [0.25, 0.3) is 0 Å². The topological polar surface area (TPSA) is 91.8 Å². The zero-order chi connectivity index (χ0) is 29.2. The molecule has 1 aliphatic carbocycles. The molecule has 0 aliphatic heterocycles. The summed E-state index contributed by atoms with van der Waals surface area (Å²) in [6.07, 6.45) is 1.08. The maximum absolute atomic E-state index is 13.3. The SMILES string of the molecule is CC(C)c1cc2nn(C)cc2cc1-c1nc(-c2cccc(N)c2C=Nc2cc(C(F)(F)F)n(C)n2)c(C2CC2)n1C. The van der Waals surface area contributed by atoms with Crippen molar-refractivity contribution in [2.24, 2.45) is 26.1 Å². The molecule has 1 saturated carbocycles. The van der Waals surface area contributed by atoms with Crippen molar-refractivity contribution in [3.05, 3.63) is 65.1 Å². The fraction of sp³-hybridized carbons (Fsp3) is 0.333. The molecule has 0 unspecified atom stereocenters. The lowest BCUT2D eigenvalue weighted by Crippen LogP contribution is -2.11. The number of halogens is 3. The number of fused-ring (bicyclic) bond motifs is 1. The number of nitrogens with zero attached hydrogens (tertiary/aromatic N) is 7. The number of aryl methyl sites for hydroxylation is 2. The first-order valence-corrected chi connectivity index (χ1v) is 13.5. The molecular formula is C30H31F3N8. The first-order chi connectivity index (χ1) is 19.4. The van der Waals surface area contributed by atoms with E-state index in [0.29, 0.717) is 17.2 Å². The molecule has 8 nitrogen and oxygen atoms in total. The molecule has 0 bridgehead atoms. The van der Waals surface area contributed by atoms with Crippen molar-refractivity contribution >= 4 is 28.6 Å². The van der Waals surface area contributed by atoms with Crippen LogP contribution < -0.4 is 5.73 Å². The van der Waals surface area contributed by atoms with Crippen LogP contribution in [0.25, 0.3) is 33.5 Å². The predicted molar refractivity (Wildman–Crippen MR) is 154 cm³/mol. The van der Waals surface area contributed by atoms with E-state index in [2.05, 4.69) is 45.7 Å². The standard InChI is InChI=1S/C30H31F3N8/c1-16(2)20-12-24-18(15-39(3)37-24)11-21(20)29-36-27(28(40(29)4)17-9-10-17)19-7-6-8-23(34)22(19)14-35-26-13-25(30(31,32)33)41(5)38-26/h6-8,11-17H,9-10,34H2,1-5H3. The second-order valence-corrected chi connectivity index (χ2v) is 11.0. The van der Waals surface area contributed by atoms with Gasteiger partial charge in [0, 0.05) is 79.0 Å². The molecule has 11 heteroatoms. The average molecular weight is 561 g/mol. The fourth-order valence-corrected chi connectivity index (χ4v) is 5.50. The van der Waals surface area contributed by atoms with Crippen molar-refractivity contribution < 1.29 is 13.2 Å². The van der Waals surface area contributed by atoms with Gasteiger partial charge in [-0.3, -0.25) is 9.36 Å². The first kappa shape index (κ1) is 26.8. The van der Waals surface area contributed by atoms with Crippen LogP contribution in [0.2, 0.25) is 0 Å². The van der Waals surface area contributed by atoms with E-state index in [4.69, 9.17) is 10.7 Å². The molecule has 2 N–H and O–H groups in total. The van der Waals surface area contributed by atoms with Gasteiger partial charge in [-0.25, -0.2) is 9.98 Å². The average Bonchev–Trinajstić information content (AvgIpc) is 3.41. The summed E-state index contributed by atoms with van der Waals surface area (Å²) in [6, 6.07) is 10.8. The minimum Gasteiger partial charge on any atom is -0.398 e. The van der Waals surface area contributed by atoms with Crippen LogP contribution in [0.5, 0.6) is 0 Å². The molecule has 6 rings (SSSR count). The largest absolute Gasteiger partial charge is 0.433 e. The van der Waals surface area contributed by atoms with E-state index < -0.39 is 11.9 Å². The van der Waals surface area contributed by atoms with Gasteiger partial charge >= 0.3 is 6.18 Å². The second-order valence-electron chi connectivity index (χ2n) is 11.0. The lowest BCUT2D eigenvalue weighted by molar-refractivity contribution is -0.143. The normalized spacial score (nSPS) is 14.3. The number of hydrogen-bond donors (Lipinski definition) is 1. The number of alkyl halides is 3. The maximum Gasteiger partial charge on any atom is 0.433 e. The Bertz CT molecular complexity index is 1820. The Hall–Kier alpha value is -4.41. The number of aliphatic imine (C=N–C) groups is 1. The van der Waals surface area contributed by atoms with E-state index >= 15 is 0 Å². The summed E-state index contributed by atoms with van der Waals surface area (Å²) in [5, 5.41) is 9.56. The number of benzene rings is 2. The third-order valence-electron chi connectivity index (χ3n) is 7.63. The van der Waals surface area contributed by atoms with Gasteiger partial charge in [-0.15, -0.1) is 0 Å². The molecule has 3 heterocycles. The van der Waals surface area contributed by atoms with Crippen LogP contribution in [0, 0.1) is 0 Å². The number of nitrogens with two attached hydrogens (primary N) is 1. The summed E-state index contributed by atoms with van der Waals surface area (Å²) in [7, 11) is 5.20. The van der Waals surface area contributed by atoms with E-state index in [1.807, 2.05) is 37.1 Å². The van der Waals surface area contributed by atoms with Crippen LogP contribution in [-0.4, -0.2) is 35.3 Å². The third kappa shape index (κ3) is 4.79. The van der Waals surface area contributed by atoms with E-state index in [-0.39, 0.29) is 11.7 Å². The Morgan fingerprint density at radius 1 is 1.05 bits per heavy atom. The van der Waals surface area contributed by atoms with E-state index in [0.717, 1.165) is 68.4 Å². The maximum atomic E-state index is 13.3. The minimum absolute atomic E-state index is 0.0514. The highest BCUT2D eigenvalue weighted by atomic mass is 19.4. The summed E-state index contributed by atoms with van der Waals surface area (Å²) in [5.41, 5.74) is 12.4. The van der Waals surface area contributed by atoms with Crippen LogP contribution >= 0.6 is 0 Å². The van der Waals surface area contributed by atoms with Gasteiger partial charge in [0.15, 0.2) is 5.82 Å². The molecule has 0 spiro atoms. The van der Waals surface area contributed by atoms with E-state index in [1.54, 1.807) is 6.07 Å². The van der Waals surface area contributed by atoms with Crippen LogP contribution in [0.15, 0.2) is 47.6 Å². The van der Waals surface area contributed by atoms with Gasteiger partial charge in [-0.2, -0.15) is 23.4 Å². The number of nitrogen functional groups attached to an aromatic ring is 1. The molecule has 0 saturated heterocycles. The highest BCUT2D eigenvalue weighted by Crippen LogP contribution is 2.47. The monoisotopic (exact) mass is 560 g/mol. The van der Waals surface area contributed by atoms with Crippen molar-refractivity contribution in [2.75, 3.05) is 5.73 Å². The summed E-state index contributed by atoms with van der Waals surface area (Å²) < 4.78 is 44.7. The third-order valence-corrected chi connectivity index (χ3v) is 7.63. The van der Waals surface area contributed by atoms with Gasteiger partial charge in [0.2, 0.25) is 0 Å². The van der Waals surface area contributed by atoms with Crippen LogP contribution in [-0.2, 0) is 27.3 Å². The summed E-state index contributed by atoms with van der Waals surface area (Å²) >= 11 is 0. The molecule has 0 atom stereocenters. The molecule has 0 radical (unpaired) electrons. The number of aromatic nitrogens is 6. The Morgan fingerprint density at radius 2 is 1.80 bits per heavy atom. The van der Waals surface area contributed by atoms with Gasteiger partial charge in [0.05, 0.1) is 11.2 Å². The second kappa shape index (κ2) is 9.60. The number of imidazole rings is 1. The van der Waals surface area contributed by atoms with E-state index in [1.165, 1.54) is 13.3 Å². The molecule has 41 heavy (non-hydrogen) atoms. The molecule has 212 valence electrons. The smallest absolute Gasteiger partial charge is 0.398 e. The Balaban J connectivity index is 1.50. The van der Waals surface area contributed by atoms with Gasteiger partial charge in [0.1, 0.15) is 11.5 Å². The van der Waals surface area contributed by atoms with Gasteiger partial charge < -0.3 is 10.3 Å². The highest BCUT2D eigenvalue weighted by Gasteiger charge is 2.35. The summed E-state index contributed by atoms with van der Waals surface area (Å²) in [4.78, 5) is 9.51. The van der Waals surface area contributed by atoms with Gasteiger partial charge in [-0.1, -0.05) is 26.0 Å². The van der Waals surface area contributed by atoms with Crippen molar-refractivity contribution in [3.63, 3.8) is 0 Å². The molecule has 3 aromatic heterocycles. The first-order valence-electron chi connectivity index (χ1n) is 13.5. The summed E-state index contributed by atoms with van der Waals surface area (Å²) in [6.45, 7) is 4.32. The quantitative estimate of drug-likeness (QED) is 0.184. The zero-order valence-corrected chi connectivity index (χ0v) is 23.5. The van der Waals surface area contributed by atoms with E-state index in [9.17, 15) is 13.2 Å². The number of anilines is 1. The lowest BCUT2D eigenvalue weighted by atomic mass is 9.95. The molecule has 5 aromatic rings. The lowest BCUT2D eigenvalue weighted by Gasteiger charge is -2.13. The molecule has 1 fully saturated rings. The van der Waals surface area contributed by atoms with Crippen molar-refractivity contribution in [1.29, 1.82) is 0 Å². The van der Waals surface area contributed by atoms with Crippen LogP contribution in [0.1, 0.15) is 61.0 Å². The van der Waals surface area contributed by atoms with Crippen molar-refractivity contribution in [3.8, 4) is 22.6 Å². The Kier molecular flexibility index (Phi) is 6.28. The van der Waals surface area contributed by atoms with Crippen LogP contribution in [0.4, 0.5) is 24.7 Å². The van der Waals surface area contributed by atoms with Crippen molar-refractivity contribution in [2.45, 2.75) is 44.7 Å². The number of rotatable bonds is 6. The Labute approximate surface area is 235 Å². The zero-order valence-electron chi connectivity index (χ0n) is 23.5. The molecule has 2 aromatic carbocycles. The predicted octanol–water partition coefficient (Wildman–Crippen LogP) is 6.73. The minimum atomic E-state index is -4.52. The fourth-order valence-electron chi connectivity index (χ4n) is 5.50. The summed E-state index contributed by atoms with van der Waals surface area (Å²) in [5.74, 6) is 1.40. The van der Waals surface area contributed by atoms with Gasteiger partial charge in [-0.05, 0) is 42.5 Å². The van der Waals surface area contributed by atoms with Crippen molar-refractivity contribution in [1.82, 2.24) is 29.1 Å². The molecule has 0 amide bonds. The van der Waals surface area contributed by atoms with Crippen LogP contribution in [0.3, 0.4) is 0 Å². The highest BCUT2D eigenvalue weighted by molar-refractivity contribution is 5.97.